The van der Waals surface area contributed by atoms with Gasteiger partial charge in [-0.3, -0.25) is 0 Å². The van der Waals surface area contributed by atoms with Crippen molar-refractivity contribution >= 4 is 23.3 Å². The first kappa shape index (κ1) is 17.6. The second-order valence-electron chi connectivity index (χ2n) is 6.15. The Balaban J connectivity index is 1.93. The number of methoxy groups -OCH3 is 1. The molecule has 0 bridgehead atoms. The molecule has 1 saturated heterocycles. The van der Waals surface area contributed by atoms with Crippen LogP contribution in [0.2, 0.25) is 0 Å². The molecule has 0 aliphatic carbocycles. The quantitative estimate of drug-likeness (QED) is 0.798. The lowest BCUT2D eigenvalue weighted by Crippen LogP contribution is -2.59. The zero-order valence-electron chi connectivity index (χ0n) is 14.7. The number of pyridine rings is 1. The molecular weight excluding hydrogens is 336 g/mol. The van der Waals surface area contributed by atoms with E-state index in [0.29, 0.717) is 36.1 Å². The summed E-state index contributed by atoms with van der Waals surface area (Å²) < 4.78 is 10.2. The Bertz CT molecular complexity index is 858. The van der Waals surface area contributed by atoms with Gasteiger partial charge in [0, 0.05) is 19.3 Å². The van der Waals surface area contributed by atoms with Crippen molar-refractivity contribution in [2.24, 2.45) is 0 Å². The lowest BCUT2D eigenvalue weighted by atomic mass is 9.97. The van der Waals surface area contributed by atoms with Crippen LogP contribution in [0.3, 0.4) is 0 Å². The van der Waals surface area contributed by atoms with Crippen LogP contribution in [0, 0.1) is 11.3 Å². The van der Waals surface area contributed by atoms with Crippen LogP contribution < -0.4 is 10.2 Å². The normalized spacial score (nSPS) is 14.7. The van der Waals surface area contributed by atoms with E-state index >= 15 is 0 Å². The van der Waals surface area contributed by atoms with E-state index in [9.17, 15) is 4.79 Å². The lowest BCUT2D eigenvalue weighted by Gasteiger charge is -2.47. The molecule has 0 amide bonds. The fraction of sp³-hybridized carbons (Fsp3) is 0.353. The Morgan fingerprint density at radius 3 is 2.58 bits per heavy atom. The van der Waals surface area contributed by atoms with Crippen molar-refractivity contribution in [3.05, 3.63) is 35.9 Å². The molecule has 1 aliphatic heterocycles. The van der Waals surface area contributed by atoms with Crippen LogP contribution in [-0.4, -0.2) is 53.8 Å². The van der Waals surface area contributed by atoms with E-state index in [0.717, 1.165) is 0 Å². The van der Waals surface area contributed by atoms with E-state index in [1.165, 1.54) is 25.7 Å². The number of nitrogens with zero attached hydrogens (tertiary/aromatic N) is 5. The molecule has 9 heteroatoms. The monoisotopic (exact) mass is 354 g/mol. The molecule has 3 heterocycles. The summed E-state index contributed by atoms with van der Waals surface area (Å²) in [6.07, 6.45) is 4.27. The number of nitriles is 1. The smallest absolute Gasteiger partial charge is 0.341 e. The average Bonchev–Trinajstić information content (AvgIpc) is 2.65. The fourth-order valence-electron chi connectivity index (χ4n) is 2.52. The SMILES string of the molecule is COC(=O)c1cnc(Nc2cnc(C#N)cn2)cc1N(C)C1(C)COC1. The number of aromatic nitrogens is 3. The Morgan fingerprint density at radius 2 is 2.04 bits per heavy atom. The minimum absolute atomic E-state index is 0.213. The summed E-state index contributed by atoms with van der Waals surface area (Å²) >= 11 is 0. The van der Waals surface area contributed by atoms with Gasteiger partial charge in [-0.1, -0.05) is 0 Å². The standard InChI is InChI=1S/C17H18N6O3/c1-17(9-26-10-17)23(2)13-4-14(21-7-12(13)16(24)25-3)22-15-8-19-11(5-18)6-20-15/h4,6-8H,9-10H2,1-3H3,(H,20,21,22). The molecule has 0 radical (unpaired) electrons. The first-order valence-electron chi connectivity index (χ1n) is 7.86. The number of hydrogen-bond donors (Lipinski definition) is 1. The van der Waals surface area contributed by atoms with Gasteiger partial charge in [0.2, 0.25) is 0 Å². The fourth-order valence-corrected chi connectivity index (χ4v) is 2.52. The zero-order valence-corrected chi connectivity index (χ0v) is 14.7. The summed E-state index contributed by atoms with van der Waals surface area (Å²) in [6.45, 7) is 3.18. The van der Waals surface area contributed by atoms with Gasteiger partial charge in [0.1, 0.15) is 23.3 Å². The summed E-state index contributed by atoms with van der Waals surface area (Å²) in [5.74, 6) is 0.462. The van der Waals surface area contributed by atoms with Gasteiger partial charge in [-0.25, -0.2) is 19.7 Å². The molecule has 134 valence electrons. The number of hydrogen-bond acceptors (Lipinski definition) is 9. The third kappa shape index (κ3) is 3.27. The summed E-state index contributed by atoms with van der Waals surface area (Å²) in [5, 5.41) is 11.8. The van der Waals surface area contributed by atoms with Crippen molar-refractivity contribution in [2.75, 3.05) is 37.6 Å². The van der Waals surface area contributed by atoms with Crippen LogP contribution in [0.1, 0.15) is 23.0 Å². The van der Waals surface area contributed by atoms with Crippen LogP contribution in [0.15, 0.2) is 24.7 Å². The number of ether oxygens (including phenoxy) is 2. The molecule has 26 heavy (non-hydrogen) atoms. The predicted molar refractivity (Wildman–Crippen MR) is 93.2 cm³/mol. The van der Waals surface area contributed by atoms with Crippen LogP contribution in [0.5, 0.6) is 0 Å². The highest BCUT2D eigenvalue weighted by Crippen LogP contribution is 2.33. The first-order chi connectivity index (χ1) is 12.5. The number of carbonyl (C=O) groups is 1. The zero-order chi connectivity index (χ0) is 18.7. The highest BCUT2D eigenvalue weighted by atomic mass is 16.5. The molecule has 2 aromatic rings. The van der Waals surface area contributed by atoms with Crippen molar-refractivity contribution in [2.45, 2.75) is 12.5 Å². The maximum atomic E-state index is 12.1. The highest BCUT2D eigenvalue weighted by Gasteiger charge is 2.39. The summed E-state index contributed by atoms with van der Waals surface area (Å²) in [5.41, 5.74) is 1.04. The Morgan fingerprint density at radius 1 is 1.31 bits per heavy atom. The molecule has 3 rings (SSSR count). The molecule has 0 saturated carbocycles. The molecule has 1 N–H and O–H groups in total. The van der Waals surface area contributed by atoms with Gasteiger partial charge < -0.3 is 19.7 Å². The first-order valence-corrected chi connectivity index (χ1v) is 7.86. The Labute approximate surface area is 150 Å². The van der Waals surface area contributed by atoms with E-state index in [-0.39, 0.29) is 11.2 Å². The number of rotatable bonds is 5. The second kappa shape index (κ2) is 6.93. The minimum atomic E-state index is -0.465. The van der Waals surface area contributed by atoms with Crippen LogP contribution in [0.25, 0.3) is 0 Å². The third-order valence-corrected chi connectivity index (χ3v) is 4.31. The third-order valence-electron chi connectivity index (χ3n) is 4.31. The van der Waals surface area contributed by atoms with Crippen LogP contribution >= 0.6 is 0 Å². The van der Waals surface area contributed by atoms with E-state index in [2.05, 4.69) is 27.2 Å². The molecular formula is C17H18N6O3. The Kier molecular flexibility index (Phi) is 4.69. The van der Waals surface area contributed by atoms with Crippen molar-refractivity contribution in [3.63, 3.8) is 0 Å². The van der Waals surface area contributed by atoms with E-state index < -0.39 is 5.97 Å². The van der Waals surface area contributed by atoms with Gasteiger partial charge in [0.25, 0.3) is 0 Å². The lowest BCUT2D eigenvalue weighted by molar-refractivity contribution is -0.0455. The number of likely N-dealkylation sites (N-methyl/N-ethyl adjacent to an activating group) is 1. The van der Waals surface area contributed by atoms with Crippen molar-refractivity contribution in [3.8, 4) is 6.07 Å². The van der Waals surface area contributed by atoms with Crippen LogP contribution in [-0.2, 0) is 9.47 Å². The summed E-state index contributed by atoms with van der Waals surface area (Å²) in [7, 11) is 3.23. The number of nitrogens with one attached hydrogen (secondary N) is 1. The van der Waals surface area contributed by atoms with E-state index in [1.807, 2.05) is 18.0 Å². The molecule has 9 nitrogen and oxygen atoms in total. The molecule has 0 atom stereocenters. The van der Waals surface area contributed by atoms with E-state index in [4.69, 9.17) is 14.7 Å². The van der Waals surface area contributed by atoms with Crippen molar-refractivity contribution < 1.29 is 14.3 Å². The number of esters is 1. The second-order valence-corrected chi connectivity index (χ2v) is 6.15. The molecule has 1 fully saturated rings. The van der Waals surface area contributed by atoms with Crippen molar-refractivity contribution in [1.82, 2.24) is 15.0 Å². The van der Waals surface area contributed by atoms with Gasteiger partial charge in [0.05, 0.1) is 43.9 Å². The van der Waals surface area contributed by atoms with E-state index in [1.54, 1.807) is 6.07 Å². The maximum absolute atomic E-state index is 12.1. The van der Waals surface area contributed by atoms with Gasteiger partial charge in [0.15, 0.2) is 5.69 Å². The van der Waals surface area contributed by atoms with Crippen molar-refractivity contribution in [1.29, 1.82) is 5.26 Å². The minimum Gasteiger partial charge on any atom is -0.465 e. The van der Waals surface area contributed by atoms with Gasteiger partial charge in [-0.15, -0.1) is 0 Å². The number of anilines is 3. The van der Waals surface area contributed by atoms with Gasteiger partial charge in [-0.05, 0) is 6.92 Å². The summed E-state index contributed by atoms with van der Waals surface area (Å²) in [6, 6.07) is 3.66. The van der Waals surface area contributed by atoms with Crippen LogP contribution in [0.4, 0.5) is 17.3 Å². The molecule has 1 aliphatic rings. The maximum Gasteiger partial charge on any atom is 0.341 e. The molecule has 0 aromatic carbocycles. The Hall–Kier alpha value is -3.25. The largest absolute Gasteiger partial charge is 0.465 e. The summed E-state index contributed by atoms with van der Waals surface area (Å²) in [4.78, 5) is 26.4. The molecule has 2 aromatic heterocycles. The molecule has 0 unspecified atom stereocenters. The number of carbonyl (C=O) groups excluding carboxylic acids is 1. The van der Waals surface area contributed by atoms with Gasteiger partial charge >= 0.3 is 5.97 Å². The topological polar surface area (TPSA) is 113 Å². The molecule has 0 spiro atoms. The predicted octanol–water partition coefficient (Wildman–Crippen LogP) is 1.50. The average molecular weight is 354 g/mol. The highest BCUT2D eigenvalue weighted by molar-refractivity contribution is 5.96. The van der Waals surface area contributed by atoms with Gasteiger partial charge in [-0.2, -0.15) is 5.26 Å².